The van der Waals surface area contributed by atoms with Crippen LogP contribution in [0.1, 0.15) is 48.5 Å². The van der Waals surface area contributed by atoms with E-state index in [0.29, 0.717) is 24.0 Å². The van der Waals surface area contributed by atoms with Crippen molar-refractivity contribution < 1.29 is 9.53 Å². The molecular formula is C24H28O2. The molecule has 0 saturated heterocycles. The number of carbonyl (C=O) groups excluding carboxylic acids is 1. The highest BCUT2D eigenvalue weighted by Gasteiger charge is 2.22. The van der Waals surface area contributed by atoms with Gasteiger partial charge in [0.05, 0.1) is 12.2 Å². The number of allylic oxidation sites excluding steroid dienone is 1. The predicted octanol–water partition coefficient (Wildman–Crippen LogP) is 6.20. The standard InChI is InChI=1S/C24H28O2/c1-17(2)20-10-6-19(7-11-20)16-26-24(25)23-14-12-22(13-15-23)21-8-4-18(3)5-9-21/h4-5,8-9,12-15,19-20H,1,6-7,10-11,16H2,2-3H3. The third-order valence-electron chi connectivity index (χ3n) is 5.50. The second-order valence-corrected chi connectivity index (χ2v) is 7.61. The highest BCUT2D eigenvalue weighted by atomic mass is 16.5. The molecule has 26 heavy (non-hydrogen) atoms. The van der Waals surface area contributed by atoms with Crippen LogP contribution in [0.3, 0.4) is 0 Å². The molecule has 0 bridgehead atoms. The summed E-state index contributed by atoms with van der Waals surface area (Å²) in [5.74, 6) is 0.917. The van der Waals surface area contributed by atoms with E-state index in [1.165, 1.54) is 24.0 Å². The zero-order chi connectivity index (χ0) is 18.5. The fraction of sp³-hybridized carbons (Fsp3) is 0.375. The van der Waals surface area contributed by atoms with Gasteiger partial charge in [0.15, 0.2) is 0 Å². The second kappa shape index (κ2) is 8.35. The molecule has 2 nitrogen and oxygen atoms in total. The average molecular weight is 348 g/mol. The minimum Gasteiger partial charge on any atom is -0.462 e. The maximum atomic E-state index is 12.3. The fourth-order valence-electron chi connectivity index (χ4n) is 3.64. The number of ether oxygens (including phenoxy) is 1. The number of aryl methyl sites for hydroxylation is 1. The van der Waals surface area contributed by atoms with E-state index in [4.69, 9.17) is 4.74 Å². The molecule has 0 radical (unpaired) electrons. The first-order valence-corrected chi connectivity index (χ1v) is 9.52. The minimum atomic E-state index is -0.220. The SMILES string of the molecule is C=C(C)C1CCC(COC(=O)c2ccc(-c3ccc(C)cc3)cc2)CC1. The topological polar surface area (TPSA) is 26.3 Å². The van der Waals surface area contributed by atoms with Gasteiger partial charge in [-0.1, -0.05) is 54.1 Å². The Morgan fingerprint density at radius 3 is 2.04 bits per heavy atom. The summed E-state index contributed by atoms with van der Waals surface area (Å²) in [5.41, 5.74) is 5.42. The molecule has 0 amide bonds. The third kappa shape index (κ3) is 4.63. The van der Waals surface area contributed by atoms with Crippen molar-refractivity contribution in [2.75, 3.05) is 6.61 Å². The van der Waals surface area contributed by atoms with Crippen LogP contribution in [-0.4, -0.2) is 12.6 Å². The first-order valence-electron chi connectivity index (χ1n) is 9.52. The van der Waals surface area contributed by atoms with Crippen LogP contribution in [0.5, 0.6) is 0 Å². The maximum Gasteiger partial charge on any atom is 0.338 e. The molecule has 0 N–H and O–H groups in total. The molecule has 136 valence electrons. The van der Waals surface area contributed by atoms with Crippen LogP contribution in [-0.2, 0) is 4.74 Å². The number of benzene rings is 2. The van der Waals surface area contributed by atoms with Gasteiger partial charge in [0.1, 0.15) is 0 Å². The molecule has 1 saturated carbocycles. The van der Waals surface area contributed by atoms with Crippen molar-refractivity contribution >= 4 is 5.97 Å². The van der Waals surface area contributed by atoms with Gasteiger partial charge in [0.2, 0.25) is 0 Å². The van der Waals surface area contributed by atoms with E-state index in [2.05, 4.69) is 44.7 Å². The van der Waals surface area contributed by atoms with Gasteiger partial charge in [-0.2, -0.15) is 0 Å². The molecule has 0 atom stereocenters. The number of carbonyl (C=O) groups is 1. The van der Waals surface area contributed by atoms with Crippen LogP contribution in [0.25, 0.3) is 11.1 Å². The van der Waals surface area contributed by atoms with Gasteiger partial charge < -0.3 is 4.74 Å². The van der Waals surface area contributed by atoms with E-state index >= 15 is 0 Å². The second-order valence-electron chi connectivity index (χ2n) is 7.61. The molecule has 0 heterocycles. The maximum absolute atomic E-state index is 12.3. The summed E-state index contributed by atoms with van der Waals surface area (Å²) < 4.78 is 5.56. The summed E-state index contributed by atoms with van der Waals surface area (Å²) in [5, 5.41) is 0. The lowest BCUT2D eigenvalue weighted by atomic mass is 9.79. The summed E-state index contributed by atoms with van der Waals surface area (Å²) in [6, 6.07) is 16.1. The van der Waals surface area contributed by atoms with E-state index in [-0.39, 0.29) is 5.97 Å². The van der Waals surface area contributed by atoms with Crippen LogP contribution in [0.15, 0.2) is 60.7 Å². The summed E-state index contributed by atoms with van der Waals surface area (Å²) in [4.78, 5) is 12.3. The van der Waals surface area contributed by atoms with Crippen molar-refractivity contribution in [2.45, 2.75) is 39.5 Å². The molecule has 0 unspecified atom stereocenters. The van der Waals surface area contributed by atoms with Gasteiger partial charge in [0.25, 0.3) is 0 Å². The van der Waals surface area contributed by atoms with Crippen molar-refractivity contribution in [2.24, 2.45) is 11.8 Å². The Labute approximate surface area is 156 Å². The summed E-state index contributed by atoms with van der Waals surface area (Å²) >= 11 is 0. The highest BCUT2D eigenvalue weighted by Crippen LogP contribution is 2.32. The molecule has 2 heteroatoms. The number of hydrogen-bond donors (Lipinski definition) is 0. The Kier molecular flexibility index (Phi) is 5.92. The molecule has 1 aliphatic rings. The minimum absolute atomic E-state index is 0.220. The lowest BCUT2D eigenvalue weighted by Crippen LogP contribution is -2.21. The van der Waals surface area contributed by atoms with Gasteiger partial charge in [0, 0.05) is 0 Å². The van der Waals surface area contributed by atoms with Gasteiger partial charge in [-0.3, -0.25) is 0 Å². The van der Waals surface area contributed by atoms with Crippen molar-refractivity contribution in [3.8, 4) is 11.1 Å². The van der Waals surface area contributed by atoms with Crippen molar-refractivity contribution in [1.29, 1.82) is 0 Å². The first-order chi connectivity index (χ1) is 12.5. The van der Waals surface area contributed by atoms with Crippen LogP contribution >= 0.6 is 0 Å². The molecular weight excluding hydrogens is 320 g/mol. The summed E-state index contributed by atoms with van der Waals surface area (Å²) in [7, 11) is 0. The fourth-order valence-corrected chi connectivity index (χ4v) is 3.64. The smallest absolute Gasteiger partial charge is 0.338 e. The highest BCUT2D eigenvalue weighted by molar-refractivity contribution is 5.90. The molecule has 0 aromatic heterocycles. The normalized spacial score (nSPS) is 19.8. The number of hydrogen-bond acceptors (Lipinski definition) is 2. The van der Waals surface area contributed by atoms with Crippen molar-refractivity contribution in [3.05, 3.63) is 71.8 Å². The van der Waals surface area contributed by atoms with Crippen LogP contribution in [0.2, 0.25) is 0 Å². The number of rotatable bonds is 5. The van der Waals surface area contributed by atoms with Crippen molar-refractivity contribution in [1.82, 2.24) is 0 Å². The van der Waals surface area contributed by atoms with E-state index in [1.54, 1.807) is 0 Å². The lowest BCUT2D eigenvalue weighted by Gasteiger charge is -2.28. The summed E-state index contributed by atoms with van der Waals surface area (Å²) in [6.07, 6.45) is 4.58. The predicted molar refractivity (Wildman–Crippen MR) is 107 cm³/mol. The van der Waals surface area contributed by atoms with Crippen LogP contribution in [0, 0.1) is 18.8 Å². The quantitative estimate of drug-likeness (QED) is 0.475. The molecule has 0 spiro atoms. The Hall–Kier alpha value is -2.35. The van der Waals surface area contributed by atoms with Crippen LogP contribution in [0.4, 0.5) is 0 Å². The largest absolute Gasteiger partial charge is 0.462 e. The Bertz CT molecular complexity index is 748. The monoisotopic (exact) mass is 348 g/mol. The summed E-state index contributed by atoms with van der Waals surface area (Å²) in [6.45, 7) is 8.79. The van der Waals surface area contributed by atoms with Gasteiger partial charge >= 0.3 is 5.97 Å². The molecule has 2 aromatic carbocycles. The van der Waals surface area contributed by atoms with Gasteiger partial charge in [-0.05, 0) is 74.6 Å². The number of esters is 1. The Morgan fingerprint density at radius 1 is 0.962 bits per heavy atom. The lowest BCUT2D eigenvalue weighted by molar-refractivity contribution is 0.0400. The molecule has 3 rings (SSSR count). The van der Waals surface area contributed by atoms with Gasteiger partial charge in [-0.25, -0.2) is 4.79 Å². The zero-order valence-corrected chi connectivity index (χ0v) is 15.8. The van der Waals surface area contributed by atoms with Crippen molar-refractivity contribution in [3.63, 3.8) is 0 Å². The Balaban J connectivity index is 1.52. The molecule has 1 aliphatic carbocycles. The van der Waals surface area contributed by atoms with Gasteiger partial charge in [-0.15, -0.1) is 0 Å². The molecule has 0 aliphatic heterocycles. The van der Waals surface area contributed by atoms with E-state index in [1.807, 2.05) is 24.3 Å². The molecule has 1 fully saturated rings. The molecule has 2 aromatic rings. The first kappa shape index (κ1) is 18.4. The zero-order valence-electron chi connectivity index (χ0n) is 15.8. The average Bonchev–Trinajstić information content (AvgIpc) is 2.67. The third-order valence-corrected chi connectivity index (χ3v) is 5.50. The van der Waals surface area contributed by atoms with E-state index in [0.717, 1.165) is 24.0 Å². The van der Waals surface area contributed by atoms with E-state index < -0.39 is 0 Å². The van der Waals surface area contributed by atoms with Crippen LogP contribution < -0.4 is 0 Å². The van der Waals surface area contributed by atoms with E-state index in [9.17, 15) is 4.79 Å². The Morgan fingerprint density at radius 2 is 1.50 bits per heavy atom.